The highest BCUT2D eigenvalue weighted by Gasteiger charge is 2.22. The summed E-state index contributed by atoms with van der Waals surface area (Å²) in [4.78, 5) is 16.2. The molecule has 0 unspecified atom stereocenters. The van der Waals surface area contributed by atoms with Crippen LogP contribution in [0.5, 0.6) is 11.5 Å². The molecule has 1 aliphatic rings. The van der Waals surface area contributed by atoms with Gasteiger partial charge in [0.1, 0.15) is 13.2 Å². The number of hydrogen-bond acceptors (Lipinski definition) is 8. The number of amides is 1. The number of ether oxygens (including phenoxy) is 2. The molecule has 4 heterocycles. The van der Waals surface area contributed by atoms with Crippen LogP contribution in [-0.4, -0.2) is 39.6 Å². The third-order valence-electron chi connectivity index (χ3n) is 4.93. The normalized spacial score (nSPS) is 12.7. The summed E-state index contributed by atoms with van der Waals surface area (Å²) < 4.78 is 18.6. The molecule has 0 saturated carbocycles. The molecule has 0 bridgehead atoms. The van der Waals surface area contributed by atoms with Crippen LogP contribution in [0.3, 0.4) is 0 Å². The minimum atomic E-state index is -0.0392. The van der Waals surface area contributed by atoms with Crippen LogP contribution in [0.1, 0.15) is 4.88 Å². The van der Waals surface area contributed by atoms with Crippen LogP contribution < -0.4 is 14.4 Å². The molecule has 3 aromatic heterocycles. The lowest BCUT2D eigenvalue weighted by molar-refractivity contribution is -0.116. The van der Waals surface area contributed by atoms with Gasteiger partial charge in [0.25, 0.3) is 0 Å². The van der Waals surface area contributed by atoms with Gasteiger partial charge in [-0.05, 0) is 35.7 Å². The van der Waals surface area contributed by atoms with Crippen molar-refractivity contribution < 1.29 is 18.7 Å². The molecule has 32 heavy (non-hydrogen) atoms. The molecular weight excluding hydrogens is 448 g/mol. The molecule has 164 valence electrons. The van der Waals surface area contributed by atoms with Crippen molar-refractivity contribution >= 4 is 34.7 Å². The molecule has 1 amide bonds. The molecule has 1 aliphatic heterocycles. The number of rotatable bonds is 7. The number of carbonyl (C=O) groups is 1. The monoisotopic (exact) mass is 468 g/mol. The number of fused-ring (bicyclic) bond motifs is 1. The van der Waals surface area contributed by atoms with Crippen molar-refractivity contribution in [1.82, 2.24) is 14.8 Å². The van der Waals surface area contributed by atoms with E-state index in [4.69, 9.17) is 13.9 Å². The number of thioether (sulfide) groups is 1. The summed E-state index contributed by atoms with van der Waals surface area (Å²) in [6.45, 7) is 1.50. The zero-order chi connectivity index (χ0) is 21.9. The van der Waals surface area contributed by atoms with Gasteiger partial charge in [0, 0.05) is 23.7 Å². The molecule has 0 N–H and O–H groups in total. The Kier molecular flexibility index (Phi) is 5.87. The number of anilines is 1. The van der Waals surface area contributed by atoms with Gasteiger partial charge in [-0.3, -0.25) is 4.79 Å². The maximum atomic E-state index is 13.3. The maximum Gasteiger partial charge on any atom is 0.237 e. The van der Waals surface area contributed by atoms with Gasteiger partial charge in [-0.1, -0.05) is 17.8 Å². The van der Waals surface area contributed by atoms with Crippen LogP contribution >= 0.6 is 23.1 Å². The molecule has 0 atom stereocenters. The topological polar surface area (TPSA) is 82.6 Å². The fraction of sp³-hybridized carbons (Fsp3) is 0.227. The van der Waals surface area contributed by atoms with Gasteiger partial charge in [-0.15, -0.1) is 21.5 Å². The molecule has 8 nitrogen and oxygen atoms in total. The van der Waals surface area contributed by atoms with Crippen LogP contribution in [0.2, 0.25) is 0 Å². The lowest BCUT2D eigenvalue weighted by Gasteiger charge is -2.25. The van der Waals surface area contributed by atoms with Crippen molar-refractivity contribution in [3.63, 3.8) is 0 Å². The highest BCUT2D eigenvalue weighted by molar-refractivity contribution is 7.99. The third-order valence-corrected chi connectivity index (χ3v) is 6.80. The number of aromatic nitrogens is 3. The highest BCUT2D eigenvalue weighted by Crippen LogP contribution is 2.35. The van der Waals surface area contributed by atoms with E-state index in [1.54, 1.807) is 28.6 Å². The van der Waals surface area contributed by atoms with Gasteiger partial charge < -0.3 is 23.4 Å². The molecule has 1 aromatic carbocycles. The lowest BCUT2D eigenvalue weighted by atomic mass is 10.2. The first-order valence-electron chi connectivity index (χ1n) is 9.97. The van der Waals surface area contributed by atoms with Crippen molar-refractivity contribution in [3.05, 3.63) is 59.0 Å². The molecule has 0 radical (unpaired) electrons. The Morgan fingerprint density at radius 1 is 1.16 bits per heavy atom. The van der Waals surface area contributed by atoms with Gasteiger partial charge in [-0.25, -0.2) is 0 Å². The second-order valence-corrected chi connectivity index (χ2v) is 8.99. The summed E-state index contributed by atoms with van der Waals surface area (Å²) in [5, 5.41) is 11.1. The Hall–Kier alpha value is -3.24. The van der Waals surface area contributed by atoms with E-state index in [-0.39, 0.29) is 11.7 Å². The first-order valence-corrected chi connectivity index (χ1v) is 11.8. The molecule has 10 heteroatoms. The fourth-order valence-electron chi connectivity index (χ4n) is 3.35. The summed E-state index contributed by atoms with van der Waals surface area (Å²) in [5.74, 6) is 2.78. The SMILES string of the molecule is Cn1c(SCC(=O)N(Cc2cccs2)c2ccc3c(c2)OCCO3)nnc1-c1ccco1. The second-order valence-electron chi connectivity index (χ2n) is 7.02. The minimum absolute atomic E-state index is 0.0392. The number of carbonyl (C=O) groups excluding carboxylic acids is 1. The summed E-state index contributed by atoms with van der Waals surface area (Å²) in [6.07, 6.45) is 1.59. The number of nitrogens with zero attached hydrogens (tertiary/aromatic N) is 4. The van der Waals surface area contributed by atoms with E-state index in [0.29, 0.717) is 48.0 Å². The molecule has 4 aromatic rings. The van der Waals surface area contributed by atoms with E-state index in [2.05, 4.69) is 10.2 Å². The first kappa shape index (κ1) is 20.7. The highest BCUT2D eigenvalue weighted by atomic mass is 32.2. The van der Waals surface area contributed by atoms with E-state index in [0.717, 1.165) is 10.6 Å². The predicted octanol–water partition coefficient (Wildman–Crippen LogP) is 4.23. The molecule has 0 aliphatic carbocycles. The van der Waals surface area contributed by atoms with E-state index < -0.39 is 0 Å². The van der Waals surface area contributed by atoms with E-state index in [9.17, 15) is 4.79 Å². The van der Waals surface area contributed by atoms with Crippen LogP contribution in [0.15, 0.2) is 63.7 Å². The zero-order valence-corrected chi connectivity index (χ0v) is 18.9. The van der Waals surface area contributed by atoms with Gasteiger partial charge in [0.15, 0.2) is 28.2 Å². The van der Waals surface area contributed by atoms with Crippen molar-refractivity contribution in [2.24, 2.45) is 7.05 Å². The molecule has 0 saturated heterocycles. The molecule has 0 spiro atoms. The fourth-order valence-corrected chi connectivity index (χ4v) is 4.83. The molecule has 5 rings (SSSR count). The summed E-state index contributed by atoms with van der Waals surface area (Å²) in [6, 6.07) is 13.2. The van der Waals surface area contributed by atoms with E-state index in [1.165, 1.54) is 11.8 Å². The number of benzene rings is 1. The van der Waals surface area contributed by atoms with E-state index >= 15 is 0 Å². The summed E-state index contributed by atoms with van der Waals surface area (Å²) in [5.41, 5.74) is 0.766. The minimum Gasteiger partial charge on any atom is -0.486 e. The molecular formula is C22H20N4O4S2. The van der Waals surface area contributed by atoms with Crippen molar-refractivity contribution in [1.29, 1.82) is 0 Å². The van der Waals surface area contributed by atoms with Crippen LogP contribution in [0, 0.1) is 0 Å². The Bertz CT molecular complexity index is 1200. The lowest BCUT2D eigenvalue weighted by Crippen LogP contribution is -2.32. The number of furan rings is 1. The van der Waals surface area contributed by atoms with Crippen molar-refractivity contribution in [2.75, 3.05) is 23.9 Å². The average Bonchev–Trinajstić information content (AvgIpc) is 3.58. The average molecular weight is 469 g/mol. The van der Waals surface area contributed by atoms with Crippen molar-refractivity contribution in [3.8, 4) is 23.1 Å². The Labute approximate surface area is 192 Å². The summed E-state index contributed by atoms with van der Waals surface area (Å²) >= 11 is 2.96. The van der Waals surface area contributed by atoms with Gasteiger partial charge in [0.05, 0.1) is 18.6 Å². The van der Waals surface area contributed by atoms with Crippen LogP contribution in [0.25, 0.3) is 11.6 Å². The summed E-state index contributed by atoms with van der Waals surface area (Å²) in [7, 11) is 1.86. The maximum absolute atomic E-state index is 13.3. The number of hydrogen-bond donors (Lipinski definition) is 0. The van der Waals surface area contributed by atoms with Gasteiger partial charge in [0.2, 0.25) is 5.91 Å². The second kappa shape index (κ2) is 9.09. The quantitative estimate of drug-likeness (QED) is 0.375. The third kappa shape index (κ3) is 4.23. The standard InChI is InChI=1S/C22H20N4O4S2/c1-25-21(18-5-2-8-28-18)23-24-22(25)32-14-20(27)26(13-16-4-3-11-31-16)15-6-7-17-19(12-15)30-10-9-29-17/h2-8,11-12H,9-10,13-14H2,1H3. The van der Waals surface area contributed by atoms with Crippen LogP contribution in [-0.2, 0) is 18.4 Å². The first-order chi connectivity index (χ1) is 15.7. The Balaban J connectivity index is 1.35. The molecule has 0 fully saturated rings. The number of thiophene rings is 1. The largest absolute Gasteiger partial charge is 0.486 e. The van der Waals surface area contributed by atoms with Crippen LogP contribution in [0.4, 0.5) is 5.69 Å². The Morgan fingerprint density at radius 3 is 2.81 bits per heavy atom. The van der Waals surface area contributed by atoms with Crippen molar-refractivity contribution in [2.45, 2.75) is 11.7 Å². The van der Waals surface area contributed by atoms with Gasteiger partial charge in [-0.2, -0.15) is 0 Å². The smallest absolute Gasteiger partial charge is 0.237 e. The van der Waals surface area contributed by atoms with E-state index in [1.807, 2.05) is 53.4 Å². The van der Waals surface area contributed by atoms with Gasteiger partial charge >= 0.3 is 0 Å². The predicted molar refractivity (Wildman–Crippen MR) is 122 cm³/mol. The Morgan fingerprint density at radius 2 is 2.03 bits per heavy atom. The zero-order valence-electron chi connectivity index (χ0n) is 17.3.